The van der Waals surface area contributed by atoms with E-state index < -0.39 is 12.0 Å². The van der Waals surface area contributed by atoms with Crippen molar-refractivity contribution in [2.45, 2.75) is 85.2 Å². The molecule has 0 radical (unpaired) electrons. The molecule has 2 aliphatic heterocycles. The summed E-state index contributed by atoms with van der Waals surface area (Å²) in [5, 5.41) is 11.9. The molecular formula is C27H37Cl2N7O3. The van der Waals surface area contributed by atoms with Gasteiger partial charge in [-0.3, -0.25) is 4.90 Å². The molecule has 0 saturated carbocycles. The Morgan fingerprint density at radius 2 is 1.72 bits per heavy atom. The Morgan fingerprint density at radius 3 is 2.26 bits per heavy atom. The number of anilines is 2. The normalized spacial score (nSPS) is 19.9. The smallest absolute Gasteiger partial charge is 0.410 e. The third kappa shape index (κ3) is 5.93. The van der Waals surface area contributed by atoms with Gasteiger partial charge < -0.3 is 19.6 Å². The lowest BCUT2D eigenvalue weighted by Gasteiger charge is -2.44. The summed E-state index contributed by atoms with van der Waals surface area (Å²) in [6.45, 7) is 17.0. The summed E-state index contributed by atoms with van der Waals surface area (Å²) in [7, 11) is 0. The molecule has 2 aliphatic rings. The molecule has 0 spiro atoms. The van der Waals surface area contributed by atoms with Crippen LogP contribution in [0.4, 0.5) is 16.3 Å². The van der Waals surface area contributed by atoms with Crippen molar-refractivity contribution in [2.75, 3.05) is 24.5 Å². The molecule has 1 amide bonds. The highest BCUT2D eigenvalue weighted by Gasteiger charge is 2.39. The van der Waals surface area contributed by atoms with E-state index in [0.29, 0.717) is 42.5 Å². The molecule has 2 aromatic rings. The van der Waals surface area contributed by atoms with Crippen molar-refractivity contribution in [3.63, 3.8) is 0 Å². The van der Waals surface area contributed by atoms with Gasteiger partial charge in [-0.25, -0.2) is 24.7 Å². The van der Waals surface area contributed by atoms with E-state index in [1.165, 1.54) is 0 Å². The van der Waals surface area contributed by atoms with Crippen molar-refractivity contribution in [2.24, 2.45) is 4.99 Å². The number of fused-ring (bicyclic) bond motifs is 1. The first-order valence-corrected chi connectivity index (χ1v) is 14.0. The average Bonchev–Trinajstić information content (AvgIpc) is 2.83. The highest BCUT2D eigenvalue weighted by Crippen LogP contribution is 2.42. The largest absolute Gasteiger partial charge is 0.444 e. The van der Waals surface area contributed by atoms with Crippen LogP contribution < -0.4 is 4.90 Å². The average molecular weight is 579 g/mol. The Bertz CT molecular complexity index is 1250. The molecule has 4 rings (SSSR count). The van der Waals surface area contributed by atoms with Gasteiger partial charge in [-0.05, 0) is 45.6 Å². The van der Waals surface area contributed by atoms with Crippen molar-refractivity contribution in [3.8, 4) is 0 Å². The Kier molecular flexibility index (Phi) is 8.31. The highest BCUT2D eigenvalue weighted by atomic mass is 35.5. The van der Waals surface area contributed by atoms with Crippen LogP contribution in [0.3, 0.4) is 0 Å². The number of aliphatic hydroxyl groups excluding tert-OH is 1. The number of carbonyl (C=O) groups is 1. The molecule has 39 heavy (non-hydrogen) atoms. The number of carbonyl (C=O) groups excluding carboxylic acids is 1. The van der Waals surface area contributed by atoms with Crippen LogP contribution in [0.25, 0.3) is 0 Å². The molecule has 0 aromatic carbocycles. The predicted molar refractivity (Wildman–Crippen MR) is 153 cm³/mol. The quantitative estimate of drug-likeness (QED) is 0.473. The van der Waals surface area contributed by atoms with E-state index in [1.54, 1.807) is 22.2 Å². The lowest BCUT2D eigenvalue weighted by Crippen LogP contribution is -2.57. The molecule has 0 bridgehead atoms. The predicted octanol–water partition coefficient (Wildman–Crippen LogP) is 5.54. The van der Waals surface area contributed by atoms with Gasteiger partial charge in [0.25, 0.3) is 0 Å². The van der Waals surface area contributed by atoms with E-state index in [0.717, 1.165) is 11.4 Å². The molecule has 2 aromatic heterocycles. The molecule has 12 heteroatoms. The second kappa shape index (κ2) is 11.1. The molecule has 4 heterocycles. The van der Waals surface area contributed by atoms with E-state index >= 15 is 0 Å². The van der Waals surface area contributed by atoms with Crippen molar-refractivity contribution in [3.05, 3.63) is 39.5 Å². The number of hydrogen-bond acceptors (Lipinski definition) is 9. The molecule has 1 fully saturated rings. The van der Waals surface area contributed by atoms with Crippen LogP contribution >= 0.6 is 23.2 Å². The van der Waals surface area contributed by atoms with Crippen LogP contribution in [0.15, 0.2) is 17.4 Å². The first-order chi connectivity index (χ1) is 18.2. The zero-order valence-corrected chi connectivity index (χ0v) is 25.2. The molecule has 212 valence electrons. The fraction of sp³-hybridized carbons (Fsp3) is 0.593. The molecule has 0 aliphatic carbocycles. The zero-order valence-electron chi connectivity index (χ0n) is 23.7. The van der Waals surface area contributed by atoms with E-state index in [-0.39, 0.29) is 34.1 Å². The lowest BCUT2D eigenvalue weighted by atomic mass is 9.99. The third-order valence-electron chi connectivity index (χ3n) is 6.62. The van der Waals surface area contributed by atoms with Crippen molar-refractivity contribution in [1.29, 1.82) is 0 Å². The summed E-state index contributed by atoms with van der Waals surface area (Å²) in [4.78, 5) is 36.6. The minimum absolute atomic E-state index is 0.0465. The maximum Gasteiger partial charge on any atom is 0.410 e. The summed E-state index contributed by atoms with van der Waals surface area (Å²) >= 11 is 12.9. The number of aliphatic hydroxyl groups is 1. The van der Waals surface area contributed by atoms with Crippen molar-refractivity contribution < 1.29 is 14.6 Å². The number of aliphatic imine (C=N–C) groups is 1. The van der Waals surface area contributed by atoms with Gasteiger partial charge in [0.2, 0.25) is 6.35 Å². The fourth-order valence-corrected chi connectivity index (χ4v) is 5.15. The maximum atomic E-state index is 12.7. The number of nitrogens with zero attached hydrogens (tertiary/aromatic N) is 7. The van der Waals surface area contributed by atoms with Crippen molar-refractivity contribution in [1.82, 2.24) is 24.8 Å². The summed E-state index contributed by atoms with van der Waals surface area (Å²) in [5.41, 5.74) is 2.24. The van der Waals surface area contributed by atoms with Crippen molar-refractivity contribution >= 4 is 46.6 Å². The number of amides is 1. The summed E-state index contributed by atoms with van der Waals surface area (Å²) < 4.78 is 5.57. The number of aromatic nitrogens is 3. The summed E-state index contributed by atoms with van der Waals surface area (Å²) in [6, 6.07) is 1.61. The fourth-order valence-electron chi connectivity index (χ4n) is 4.87. The first kappa shape index (κ1) is 29.3. The minimum atomic E-state index is -1.31. The maximum absolute atomic E-state index is 12.7. The number of rotatable bonds is 3. The van der Waals surface area contributed by atoms with E-state index in [2.05, 4.69) is 19.9 Å². The van der Waals surface area contributed by atoms with Gasteiger partial charge in [-0.2, -0.15) is 0 Å². The Morgan fingerprint density at radius 1 is 1.10 bits per heavy atom. The standard InChI is InChI=1S/C27H37Cl2N7O3/c1-14(2)19-21(20(15(3)4)31-13-30-19)36-24-17(11-18(28)22(29)32-24)23(33-25(36)37)35-10-9-34(12-16(35)5)26(38)39-27(6,7)8/h11,13-16,25,37H,9-10,12H2,1-8H3/t16-,25?/m0/s1. The van der Waals surface area contributed by atoms with Crippen LogP contribution in [0.2, 0.25) is 10.2 Å². The second-order valence-electron chi connectivity index (χ2n) is 11.6. The molecule has 2 atom stereocenters. The molecule has 1 unspecified atom stereocenters. The van der Waals surface area contributed by atoms with Crippen LogP contribution in [-0.4, -0.2) is 79.4 Å². The Labute approximate surface area is 240 Å². The van der Waals surface area contributed by atoms with E-state index in [9.17, 15) is 9.90 Å². The summed E-state index contributed by atoms with van der Waals surface area (Å²) in [6.07, 6.45) is -0.114. The number of halogens is 2. The Hall–Kier alpha value is -2.69. The molecule has 10 nitrogen and oxygen atoms in total. The SMILES string of the molecule is CC(C)c1ncnc(C(C)C)c1N1c2nc(Cl)c(Cl)cc2C(N2CCN(C(=O)OC(C)(C)C)C[C@@H]2C)=NC1O. The zero-order chi connectivity index (χ0) is 28.8. The van der Waals surface area contributed by atoms with Gasteiger partial charge in [-0.1, -0.05) is 50.9 Å². The second-order valence-corrected chi connectivity index (χ2v) is 12.3. The van der Waals surface area contributed by atoms with Crippen LogP contribution in [0.1, 0.15) is 84.2 Å². The van der Waals surface area contributed by atoms with Crippen LogP contribution in [0.5, 0.6) is 0 Å². The molecule has 1 saturated heterocycles. The Balaban J connectivity index is 1.77. The van der Waals surface area contributed by atoms with E-state index in [4.69, 9.17) is 32.9 Å². The van der Waals surface area contributed by atoms with Gasteiger partial charge >= 0.3 is 6.09 Å². The minimum Gasteiger partial charge on any atom is -0.444 e. The molecule has 1 N–H and O–H groups in total. The third-order valence-corrected chi connectivity index (χ3v) is 7.29. The van der Waals surface area contributed by atoms with Gasteiger partial charge in [0.05, 0.1) is 27.7 Å². The number of pyridine rings is 1. The number of amidine groups is 1. The molecular weight excluding hydrogens is 541 g/mol. The van der Waals surface area contributed by atoms with Gasteiger partial charge in [0, 0.05) is 25.7 Å². The monoisotopic (exact) mass is 577 g/mol. The number of ether oxygens (including phenoxy) is 1. The van der Waals surface area contributed by atoms with Crippen LogP contribution in [-0.2, 0) is 4.74 Å². The summed E-state index contributed by atoms with van der Waals surface area (Å²) in [5.74, 6) is 1.04. The van der Waals surface area contributed by atoms with Gasteiger partial charge in [-0.15, -0.1) is 0 Å². The lowest BCUT2D eigenvalue weighted by molar-refractivity contribution is 0.0132. The first-order valence-electron chi connectivity index (χ1n) is 13.2. The highest BCUT2D eigenvalue weighted by molar-refractivity contribution is 6.41. The topological polar surface area (TPSA) is 107 Å². The number of piperazine rings is 1. The van der Waals surface area contributed by atoms with E-state index in [1.807, 2.05) is 55.4 Å². The number of hydrogen-bond donors (Lipinski definition) is 1. The van der Waals surface area contributed by atoms with Gasteiger partial charge in [0.1, 0.15) is 28.7 Å². The van der Waals surface area contributed by atoms with Gasteiger partial charge in [0.15, 0.2) is 0 Å². The van der Waals surface area contributed by atoms with Crippen LogP contribution in [0, 0.1) is 0 Å².